The second-order valence-electron chi connectivity index (χ2n) is 6.67. The normalized spacial score (nSPS) is 36.8. The molecule has 2 aliphatic rings. The van der Waals surface area contributed by atoms with Gasteiger partial charge in [-0.25, -0.2) is 0 Å². The number of thiophene rings is 1. The third kappa shape index (κ3) is 1.93. The molecule has 3 rings (SSSR count). The van der Waals surface area contributed by atoms with Crippen LogP contribution in [0.1, 0.15) is 51.6 Å². The minimum atomic E-state index is -0.409. The van der Waals surface area contributed by atoms with Crippen molar-refractivity contribution in [1.29, 1.82) is 0 Å². The van der Waals surface area contributed by atoms with Gasteiger partial charge in [0.2, 0.25) is 5.91 Å². The van der Waals surface area contributed by atoms with E-state index < -0.39 is 5.54 Å². The third-order valence-corrected chi connectivity index (χ3v) is 5.68. The zero-order chi connectivity index (χ0) is 13.8. The summed E-state index contributed by atoms with van der Waals surface area (Å²) >= 11 is 1.73. The number of nitrogens with zero attached hydrogens (tertiary/aromatic N) is 1. The van der Waals surface area contributed by atoms with E-state index in [4.69, 9.17) is 0 Å². The lowest BCUT2D eigenvalue weighted by atomic mass is 9.99. The van der Waals surface area contributed by atoms with Crippen molar-refractivity contribution >= 4 is 17.2 Å². The van der Waals surface area contributed by atoms with Crippen molar-refractivity contribution < 1.29 is 4.79 Å². The molecule has 2 heterocycles. The molecule has 1 aromatic rings. The van der Waals surface area contributed by atoms with Gasteiger partial charge in [0.15, 0.2) is 0 Å². The van der Waals surface area contributed by atoms with Gasteiger partial charge in [-0.2, -0.15) is 0 Å². The molecule has 0 bridgehead atoms. The average Bonchev–Trinajstić information content (AvgIpc) is 2.76. The first-order valence-corrected chi connectivity index (χ1v) is 7.91. The Morgan fingerprint density at radius 2 is 2.16 bits per heavy atom. The summed E-state index contributed by atoms with van der Waals surface area (Å²) in [6, 6.07) is 4.57. The lowest BCUT2D eigenvalue weighted by molar-refractivity contribution is -0.134. The molecular formula is C15H22N2OS. The van der Waals surface area contributed by atoms with Gasteiger partial charge in [0.1, 0.15) is 6.17 Å². The van der Waals surface area contributed by atoms with E-state index >= 15 is 0 Å². The van der Waals surface area contributed by atoms with E-state index in [-0.39, 0.29) is 17.5 Å². The molecule has 2 fully saturated rings. The summed E-state index contributed by atoms with van der Waals surface area (Å²) in [5.41, 5.74) is -0.140. The Labute approximate surface area is 119 Å². The van der Waals surface area contributed by atoms with Crippen LogP contribution >= 0.6 is 11.3 Å². The van der Waals surface area contributed by atoms with Crippen LogP contribution in [0.15, 0.2) is 17.5 Å². The third-order valence-electron chi connectivity index (χ3n) is 4.76. The smallest absolute Gasteiger partial charge is 0.244 e. The molecule has 1 saturated heterocycles. The fourth-order valence-corrected chi connectivity index (χ4v) is 3.75. The molecule has 104 valence electrons. The van der Waals surface area contributed by atoms with Crippen LogP contribution in [0.3, 0.4) is 0 Å². The van der Waals surface area contributed by atoms with Crippen molar-refractivity contribution in [3.8, 4) is 0 Å². The Balaban J connectivity index is 1.96. The van der Waals surface area contributed by atoms with E-state index in [0.717, 1.165) is 12.8 Å². The van der Waals surface area contributed by atoms with Gasteiger partial charge in [0.25, 0.3) is 0 Å². The van der Waals surface area contributed by atoms with Crippen LogP contribution in [0.4, 0.5) is 0 Å². The van der Waals surface area contributed by atoms with Gasteiger partial charge in [0, 0.05) is 10.9 Å². The van der Waals surface area contributed by atoms with E-state index in [9.17, 15) is 4.79 Å². The molecule has 1 N–H and O–H groups in total. The minimum absolute atomic E-state index is 0.0595. The molecule has 3 atom stereocenters. The second kappa shape index (κ2) is 4.06. The number of hydrogen-bond acceptors (Lipinski definition) is 3. The average molecular weight is 278 g/mol. The molecule has 3 unspecified atom stereocenters. The molecule has 1 aliphatic heterocycles. The van der Waals surface area contributed by atoms with Crippen molar-refractivity contribution in [3.63, 3.8) is 0 Å². The van der Waals surface area contributed by atoms with E-state index in [1.54, 1.807) is 11.3 Å². The lowest BCUT2D eigenvalue weighted by Gasteiger charge is -2.25. The van der Waals surface area contributed by atoms with Crippen molar-refractivity contribution in [2.45, 2.75) is 58.3 Å². The summed E-state index contributed by atoms with van der Waals surface area (Å²) < 4.78 is 0. The number of carbonyl (C=O) groups is 1. The van der Waals surface area contributed by atoms with E-state index in [2.05, 4.69) is 48.5 Å². The monoisotopic (exact) mass is 278 g/mol. The number of hydrogen-bond donors (Lipinski definition) is 1. The first-order chi connectivity index (χ1) is 8.89. The highest BCUT2D eigenvalue weighted by Crippen LogP contribution is 2.53. The van der Waals surface area contributed by atoms with Gasteiger partial charge in [-0.15, -0.1) is 11.3 Å². The highest BCUT2D eigenvalue weighted by molar-refractivity contribution is 7.10. The van der Waals surface area contributed by atoms with Crippen LogP contribution in [-0.2, 0) is 4.79 Å². The number of nitrogens with one attached hydrogen (secondary N) is 1. The minimum Gasteiger partial charge on any atom is -0.317 e. The van der Waals surface area contributed by atoms with Crippen LogP contribution in [0.25, 0.3) is 0 Å². The molecule has 0 aromatic carbocycles. The van der Waals surface area contributed by atoms with Crippen LogP contribution in [-0.4, -0.2) is 22.4 Å². The quantitative estimate of drug-likeness (QED) is 0.921. The van der Waals surface area contributed by atoms with Gasteiger partial charge in [-0.3, -0.25) is 10.1 Å². The van der Waals surface area contributed by atoms with Crippen molar-refractivity contribution in [3.05, 3.63) is 22.4 Å². The van der Waals surface area contributed by atoms with Crippen LogP contribution in [0, 0.1) is 5.41 Å². The summed E-state index contributed by atoms with van der Waals surface area (Å²) in [7, 11) is 0. The Morgan fingerprint density at radius 1 is 1.47 bits per heavy atom. The molecule has 4 heteroatoms. The Bertz CT molecular complexity index is 496. The summed E-state index contributed by atoms with van der Waals surface area (Å²) in [6.07, 6.45) is 2.00. The highest BCUT2D eigenvalue weighted by Gasteiger charge is 2.59. The van der Waals surface area contributed by atoms with Gasteiger partial charge >= 0.3 is 0 Å². The van der Waals surface area contributed by atoms with Gasteiger partial charge in [0.05, 0.1) is 5.54 Å². The maximum Gasteiger partial charge on any atom is 0.244 e. The molecule has 1 aromatic heterocycles. The zero-order valence-corrected chi connectivity index (χ0v) is 12.9. The van der Waals surface area contributed by atoms with Crippen LogP contribution in [0.2, 0.25) is 0 Å². The fourth-order valence-electron chi connectivity index (χ4n) is 2.98. The predicted octanol–water partition coefficient (Wildman–Crippen LogP) is 3.15. The molecule has 1 aliphatic carbocycles. The van der Waals surface area contributed by atoms with Gasteiger partial charge in [-0.05, 0) is 36.6 Å². The van der Waals surface area contributed by atoms with Crippen molar-refractivity contribution in [2.75, 3.05) is 0 Å². The van der Waals surface area contributed by atoms with Gasteiger partial charge < -0.3 is 4.90 Å². The molecular weight excluding hydrogens is 256 g/mol. The number of carbonyl (C=O) groups excluding carboxylic acids is 1. The molecule has 19 heavy (non-hydrogen) atoms. The van der Waals surface area contributed by atoms with E-state index in [0.29, 0.717) is 6.04 Å². The summed E-state index contributed by atoms with van der Waals surface area (Å²) in [5.74, 6) is 0.268. The highest BCUT2D eigenvalue weighted by atomic mass is 32.1. The van der Waals surface area contributed by atoms with E-state index in [1.165, 1.54) is 4.88 Å². The summed E-state index contributed by atoms with van der Waals surface area (Å²) in [4.78, 5) is 16.2. The van der Waals surface area contributed by atoms with Gasteiger partial charge in [-0.1, -0.05) is 26.8 Å². The number of rotatable bonds is 3. The second-order valence-corrected chi connectivity index (χ2v) is 7.65. The maximum absolute atomic E-state index is 12.8. The standard InChI is InChI=1S/C15H22N2OS/c1-5-15(4)13(18)17(11-9-14(11,2)3)12(16-15)10-7-6-8-19-10/h6-8,11-12,16H,5,9H2,1-4H3. The molecule has 3 nitrogen and oxygen atoms in total. The zero-order valence-electron chi connectivity index (χ0n) is 12.1. The molecule has 0 spiro atoms. The number of amides is 1. The molecule has 1 amide bonds. The molecule has 0 radical (unpaired) electrons. The van der Waals surface area contributed by atoms with E-state index in [1.807, 2.05) is 6.92 Å². The first-order valence-electron chi connectivity index (χ1n) is 7.03. The van der Waals surface area contributed by atoms with Crippen molar-refractivity contribution in [2.24, 2.45) is 5.41 Å². The molecule has 1 saturated carbocycles. The SMILES string of the molecule is CCC1(C)NC(c2cccs2)N(C2CC2(C)C)C1=O. The summed E-state index contributed by atoms with van der Waals surface area (Å²) in [5, 5.41) is 5.65. The van der Waals surface area contributed by atoms with Crippen LogP contribution < -0.4 is 5.32 Å². The Kier molecular flexibility index (Phi) is 2.81. The Hall–Kier alpha value is -0.870. The fraction of sp³-hybridized carbons (Fsp3) is 0.667. The topological polar surface area (TPSA) is 32.3 Å². The largest absolute Gasteiger partial charge is 0.317 e. The summed E-state index contributed by atoms with van der Waals surface area (Å²) in [6.45, 7) is 8.61. The lowest BCUT2D eigenvalue weighted by Crippen LogP contribution is -2.43. The van der Waals surface area contributed by atoms with Crippen molar-refractivity contribution in [1.82, 2.24) is 10.2 Å². The Morgan fingerprint density at radius 3 is 2.63 bits per heavy atom. The maximum atomic E-state index is 12.8. The predicted molar refractivity (Wildman–Crippen MR) is 77.9 cm³/mol. The van der Waals surface area contributed by atoms with Crippen LogP contribution in [0.5, 0.6) is 0 Å². The first kappa shape index (κ1) is 13.1.